The topological polar surface area (TPSA) is 96.0 Å². The van der Waals surface area contributed by atoms with Gasteiger partial charge in [0, 0.05) is 12.6 Å². The molecule has 0 aliphatic heterocycles. The second-order valence-corrected chi connectivity index (χ2v) is 11.6. The first-order valence-corrected chi connectivity index (χ1v) is 14.9. The summed E-state index contributed by atoms with van der Waals surface area (Å²) in [5, 5.41) is 2.99. The van der Waals surface area contributed by atoms with Crippen molar-refractivity contribution >= 4 is 27.5 Å². The fourth-order valence-electron chi connectivity index (χ4n) is 4.33. The highest BCUT2D eigenvalue weighted by Crippen LogP contribution is 2.27. The Hall–Kier alpha value is -3.85. The quantitative estimate of drug-likeness (QED) is 0.317. The molecule has 0 bridgehead atoms. The third kappa shape index (κ3) is 7.41. The summed E-state index contributed by atoms with van der Waals surface area (Å²) < 4.78 is 34.1. The predicted molar refractivity (Wildman–Crippen MR) is 158 cm³/mol. The van der Waals surface area contributed by atoms with Crippen LogP contribution in [0.15, 0.2) is 83.8 Å². The number of anilines is 1. The van der Waals surface area contributed by atoms with Crippen LogP contribution >= 0.6 is 0 Å². The Balaban J connectivity index is 2.06. The smallest absolute Gasteiger partial charge is 0.264 e. The van der Waals surface area contributed by atoms with Gasteiger partial charge in [0.05, 0.1) is 17.7 Å². The summed E-state index contributed by atoms with van der Waals surface area (Å²) in [6, 6.07) is 21.3. The van der Waals surface area contributed by atoms with Crippen molar-refractivity contribution in [3.63, 3.8) is 0 Å². The summed E-state index contributed by atoms with van der Waals surface area (Å²) in [6.45, 7) is 7.37. The molecule has 0 heterocycles. The van der Waals surface area contributed by atoms with Crippen LogP contribution in [0.5, 0.6) is 5.75 Å². The molecule has 0 aromatic heterocycles. The molecule has 3 rings (SSSR count). The number of sulfonamides is 1. The summed E-state index contributed by atoms with van der Waals surface area (Å²) in [6.07, 6.45) is 1.11. The lowest BCUT2D eigenvalue weighted by Crippen LogP contribution is -2.53. The minimum absolute atomic E-state index is 0.0608. The number of aryl methyl sites for hydroxylation is 1. The molecule has 3 aromatic carbocycles. The van der Waals surface area contributed by atoms with E-state index in [9.17, 15) is 18.0 Å². The highest BCUT2D eigenvalue weighted by Gasteiger charge is 2.34. The zero-order chi connectivity index (χ0) is 29.3. The lowest BCUT2D eigenvalue weighted by atomic mass is 10.1. The maximum atomic E-state index is 14.1. The van der Waals surface area contributed by atoms with E-state index in [1.807, 2.05) is 52.0 Å². The van der Waals surface area contributed by atoms with Crippen molar-refractivity contribution in [1.82, 2.24) is 10.2 Å². The highest BCUT2D eigenvalue weighted by molar-refractivity contribution is 7.92. The Labute approximate surface area is 238 Å². The SMILES string of the molecule is CCC(C)NC(=O)C(CC)N(Cc1ccccc1C)C(=O)CN(c1ccc(OC)cc1)S(=O)(=O)c1ccccc1. The molecule has 2 amide bonds. The van der Waals surface area contributed by atoms with Crippen LogP contribution < -0.4 is 14.4 Å². The summed E-state index contributed by atoms with van der Waals surface area (Å²) in [4.78, 5) is 29.0. The maximum absolute atomic E-state index is 14.1. The molecule has 40 heavy (non-hydrogen) atoms. The molecule has 8 nitrogen and oxygen atoms in total. The number of rotatable bonds is 13. The predicted octanol–water partition coefficient (Wildman–Crippen LogP) is 4.92. The van der Waals surface area contributed by atoms with Gasteiger partial charge in [-0.1, -0.05) is 56.3 Å². The van der Waals surface area contributed by atoms with Gasteiger partial charge < -0.3 is 15.0 Å². The molecule has 0 radical (unpaired) electrons. The van der Waals surface area contributed by atoms with Crippen LogP contribution in [-0.2, 0) is 26.2 Å². The number of hydrogen-bond donors (Lipinski definition) is 1. The average molecular weight is 566 g/mol. The van der Waals surface area contributed by atoms with Crippen LogP contribution in [0.3, 0.4) is 0 Å². The number of ether oxygens (including phenoxy) is 1. The molecule has 0 saturated carbocycles. The molecule has 9 heteroatoms. The first-order valence-electron chi connectivity index (χ1n) is 13.5. The van der Waals surface area contributed by atoms with Crippen LogP contribution in [0.2, 0.25) is 0 Å². The van der Waals surface area contributed by atoms with Gasteiger partial charge in [0.25, 0.3) is 10.0 Å². The second-order valence-electron chi connectivity index (χ2n) is 9.71. The molecule has 0 fully saturated rings. The van der Waals surface area contributed by atoms with Crippen molar-refractivity contribution < 1.29 is 22.7 Å². The monoisotopic (exact) mass is 565 g/mol. The molecule has 3 aromatic rings. The van der Waals surface area contributed by atoms with Gasteiger partial charge in [0.1, 0.15) is 18.3 Å². The number of benzene rings is 3. The third-order valence-electron chi connectivity index (χ3n) is 6.96. The number of methoxy groups -OCH3 is 1. The van der Waals surface area contributed by atoms with Gasteiger partial charge in [0.2, 0.25) is 11.8 Å². The van der Waals surface area contributed by atoms with Gasteiger partial charge in [-0.25, -0.2) is 8.42 Å². The van der Waals surface area contributed by atoms with Gasteiger partial charge in [-0.2, -0.15) is 0 Å². The van der Waals surface area contributed by atoms with Crippen molar-refractivity contribution in [2.75, 3.05) is 18.0 Å². The van der Waals surface area contributed by atoms with E-state index in [1.165, 1.54) is 24.1 Å². The fourth-order valence-corrected chi connectivity index (χ4v) is 5.76. The largest absolute Gasteiger partial charge is 0.497 e. The molecule has 2 unspecified atom stereocenters. The van der Waals surface area contributed by atoms with E-state index in [-0.39, 0.29) is 23.4 Å². The normalized spacial score (nSPS) is 12.7. The van der Waals surface area contributed by atoms with Crippen molar-refractivity contribution in [1.29, 1.82) is 0 Å². The van der Waals surface area contributed by atoms with E-state index in [4.69, 9.17) is 4.74 Å². The Morgan fingerprint density at radius 2 is 1.52 bits per heavy atom. The van der Waals surface area contributed by atoms with Gasteiger partial charge in [-0.3, -0.25) is 13.9 Å². The van der Waals surface area contributed by atoms with Gasteiger partial charge in [-0.15, -0.1) is 0 Å². The lowest BCUT2D eigenvalue weighted by Gasteiger charge is -2.34. The third-order valence-corrected chi connectivity index (χ3v) is 8.75. The first-order chi connectivity index (χ1) is 19.1. The van der Waals surface area contributed by atoms with E-state index >= 15 is 0 Å². The van der Waals surface area contributed by atoms with Crippen LogP contribution in [-0.4, -0.2) is 50.9 Å². The Kier molecular flexibility index (Phi) is 10.7. The molecule has 0 aliphatic carbocycles. The molecule has 2 atom stereocenters. The molecule has 214 valence electrons. The van der Waals surface area contributed by atoms with Crippen molar-refractivity contribution in [3.8, 4) is 5.75 Å². The number of amides is 2. The Bertz CT molecular complexity index is 1380. The summed E-state index contributed by atoms with van der Waals surface area (Å²) in [7, 11) is -2.59. The van der Waals surface area contributed by atoms with E-state index in [2.05, 4.69) is 5.32 Å². The number of carbonyl (C=O) groups is 2. The molecule has 0 aliphatic rings. The standard InChI is InChI=1S/C31H39N3O5S/c1-6-24(4)32-31(36)29(7-2)33(21-25-14-12-11-13-23(25)3)30(35)22-34(26-17-19-27(39-5)20-18-26)40(37,38)28-15-9-8-10-16-28/h8-20,24,29H,6-7,21-22H2,1-5H3,(H,32,36). The number of hydrogen-bond acceptors (Lipinski definition) is 5. The van der Waals surface area contributed by atoms with Crippen molar-refractivity contribution in [2.45, 2.75) is 64.1 Å². The minimum Gasteiger partial charge on any atom is -0.497 e. The molecule has 1 N–H and O–H groups in total. The van der Waals surface area contributed by atoms with Crippen LogP contribution in [0.25, 0.3) is 0 Å². The Morgan fingerprint density at radius 3 is 2.10 bits per heavy atom. The Morgan fingerprint density at radius 1 is 0.900 bits per heavy atom. The highest BCUT2D eigenvalue weighted by atomic mass is 32.2. The molecular formula is C31H39N3O5S. The summed E-state index contributed by atoms with van der Waals surface area (Å²) >= 11 is 0. The minimum atomic E-state index is -4.11. The van der Waals surface area contributed by atoms with Gasteiger partial charge in [-0.05, 0) is 74.2 Å². The lowest BCUT2D eigenvalue weighted by molar-refractivity contribution is -0.140. The fraction of sp³-hybridized carbons (Fsp3) is 0.355. The van der Waals surface area contributed by atoms with Crippen LogP contribution in [0.1, 0.15) is 44.7 Å². The van der Waals surface area contributed by atoms with Crippen LogP contribution in [0, 0.1) is 6.92 Å². The zero-order valence-electron chi connectivity index (χ0n) is 23.8. The maximum Gasteiger partial charge on any atom is 0.264 e. The molecule has 0 spiro atoms. The summed E-state index contributed by atoms with van der Waals surface area (Å²) in [5.41, 5.74) is 2.17. The number of nitrogens with one attached hydrogen (secondary N) is 1. The average Bonchev–Trinajstić information content (AvgIpc) is 2.97. The molecule has 0 saturated heterocycles. The van der Waals surface area contributed by atoms with Crippen molar-refractivity contribution in [3.05, 3.63) is 90.0 Å². The van der Waals surface area contributed by atoms with E-state index in [1.54, 1.807) is 42.5 Å². The number of carbonyl (C=O) groups excluding carboxylic acids is 2. The molecular weight excluding hydrogens is 526 g/mol. The first kappa shape index (κ1) is 30.7. The number of nitrogens with zero attached hydrogens (tertiary/aromatic N) is 2. The van der Waals surface area contributed by atoms with E-state index < -0.39 is 28.5 Å². The van der Waals surface area contributed by atoms with E-state index in [0.29, 0.717) is 17.9 Å². The summed E-state index contributed by atoms with van der Waals surface area (Å²) in [5.74, 6) is -0.188. The van der Waals surface area contributed by atoms with Crippen molar-refractivity contribution in [2.24, 2.45) is 0 Å². The van der Waals surface area contributed by atoms with Gasteiger partial charge in [0.15, 0.2) is 0 Å². The van der Waals surface area contributed by atoms with Gasteiger partial charge >= 0.3 is 0 Å². The van der Waals surface area contributed by atoms with Crippen LogP contribution in [0.4, 0.5) is 5.69 Å². The zero-order valence-corrected chi connectivity index (χ0v) is 24.6. The second kappa shape index (κ2) is 14.0. The van der Waals surface area contributed by atoms with E-state index in [0.717, 1.165) is 21.9 Å².